The number of hydrogen-bond donors (Lipinski definition) is 0. The average Bonchev–Trinajstić information content (AvgIpc) is 2.76. The van der Waals surface area contributed by atoms with Crippen molar-refractivity contribution in [2.45, 2.75) is 115 Å². The average molecular weight is 423 g/mol. The lowest BCUT2D eigenvalue weighted by atomic mass is 9.87. The maximum atomic E-state index is 12.0. The van der Waals surface area contributed by atoms with E-state index in [4.69, 9.17) is 9.47 Å². The number of carbonyl (C=O) groups excluding carboxylic acids is 4. The lowest BCUT2D eigenvalue weighted by Crippen LogP contribution is -2.30. The third-order valence-electron chi connectivity index (χ3n) is 6.43. The topological polar surface area (TPSA) is 86.7 Å². The van der Waals surface area contributed by atoms with Gasteiger partial charge in [-0.25, -0.2) is 0 Å². The normalized spacial score (nSPS) is 26.5. The van der Waals surface area contributed by atoms with Gasteiger partial charge in [-0.1, -0.05) is 38.5 Å². The van der Waals surface area contributed by atoms with Crippen LogP contribution in [0.4, 0.5) is 0 Å². The van der Waals surface area contributed by atoms with Crippen LogP contribution >= 0.6 is 0 Å². The molecule has 0 bridgehead atoms. The van der Waals surface area contributed by atoms with Crippen LogP contribution in [0.1, 0.15) is 103 Å². The lowest BCUT2D eigenvalue weighted by Gasteiger charge is -2.27. The smallest absolute Gasteiger partial charge is 0.306 e. The zero-order chi connectivity index (χ0) is 21.6. The third kappa shape index (κ3) is 8.97. The first kappa shape index (κ1) is 24.5. The summed E-state index contributed by atoms with van der Waals surface area (Å²) in [5.74, 6) is -0.630. The molecule has 0 aromatic rings. The van der Waals surface area contributed by atoms with Crippen molar-refractivity contribution < 1.29 is 28.7 Å². The van der Waals surface area contributed by atoms with E-state index >= 15 is 0 Å². The van der Waals surface area contributed by atoms with Gasteiger partial charge in [-0.3, -0.25) is 9.59 Å². The van der Waals surface area contributed by atoms with Gasteiger partial charge in [0.05, 0.1) is 11.8 Å². The van der Waals surface area contributed by atoms with E-state index < -0.39 is 0 Å². The van der Waals surface area contributed by atoms with Crippen LogP contribution in [-0.4, -0.2) is 36.7 Å². The Balaban J connectivity index is 1.45. The number of unbranched alkanes of at least 4 members (excludes halogenated alkanes) is 5. The number of ether oxygens (including phenoxy) is 2. The van der Waals surface area contributed by atoms with Crippen molar-refractivity contribution in [3.05, 3.63) is 0 Å². The molecule has 2 aliphatic rings. The minimum atomic E-state index is -0.223. The highest BCUT2D eigenvalue weighted by molar-refractivity contribution is 5.70. The summed E-state index contributed by atoms with van der Waals surface area (Å²) in [5.41, 5.74) is 0. The first-order valence-corrected chi connectivity index (χ1v) is 11.9. The quantitative estimate of drug-likeness (QED) is 0.243. The van der Waals surface area contributed by atoms with Crippen LogP contribution < -0.4 is 0 Å². The first-order chi connectivity index (χ1) is 14.6. The second-order valence-corrected chi connectivity index (χ2v) is 8.85. The molecule has 30 heavy (non-hydrogen) atoms. The van der Waals surface area contributed by atoms with Crippen LogP contribution in [0.2, 0.25) is 0 Å². The van der Waals surface area contributed by atoms with Crippen LogP contribution in [0.3, 0.4) is 0 Å². The fraction of sp³-hybridized carbons (Fsp3) is 0.833. The Morgan fingerprint density at radius 3 is 1.37 bits per heavy atom. The van der Waals surface area contributed by atoms with E-state index in [2.05, 4.69) is 0 Å². The summed E-state index contributed by atoms with van der Waals surface area (Å²) >= 11 is 0. The lowest BCUT2D eigenvalue weighted by molar-refractivity contribution is -0.155. The Hall–Kier alpha value is -1.72. The van der Waals surface area contributed by atoms with Crippen molar-refractivity contribution in [2.75, 3.05) is 0 Å². The fourth-order valence-electron chi connectivity index (χ4n) is 4.56. The Labute approximate surface area is 180 Å². The van der Waals surface area contributed by atoms with Crippen molar-refractivity contribution in [1.29, 1.82) is 0 Å². The molecule has 170 valence electrons. The summed E-state index contributed by atoms with van der Waals surface area (Å²) in [5, 5.41) is 0. The molecule has 0 N–H and O–H groups in total. The van der Waals surface area contributed by atoms with Crippen molar-refractivity contribution in [2.24, 2.45) is 11.8 Å². The maximum Gasteiger partial charge on any atom is 0.306 e. The molecule has 0 aromatic carbocycles. The van der Waals surface area contributed by atoms with Crippen LogP contribution in [0.5, 0.6) is 0 Å². The Bertz CT molecular complexity index is 498. The van der Waals surface area contributed by atoms with Crippen molar-refractivity contribution in [1.82, 2.24) is 0 Å². The van der Waals surface area contributed by atoms with E-state index in [1.54, 1.807) is 0 Å². The second kappa shape index (κ2) is 14.3. The van der Waals surface area contributed by atoms with Crippen molar-refractivity contribution >= 4 is 24.5 Å². The number of hydrogen-bond acceptors (Lipinski definition) is 6. The van der Waals surface area contributed by atoms with Gasteiger partial charge in [-0.2, -0.15) is 0 Å². The van der Waals surface area contributed by atoms with Gasteiger partial charge in [-0.15, -0.1) is 0 Å². The Morgan fingerprint density at radius 1 is 0.600 bits per heavy atom. The molecule has 2 fully saturated rings. The number of esters is 2. The molecule has 2 aliphatic carbocycles. The van der Waals surface area contributed by atoms with Gasteiger partial charge in [0.25, 0.3) is 0 Å². The molecule has 2 saturated carbocycles. The molecule has 0 heterocycles. The first-order valence-electron chi connectivity index (χ1n) is 11.9. The number of carbonyl (C=O) groups is 4. The molecule has 0 radical (unpaired) electrons. The molecule has 6 heteroatoms. The zero-order valence-corrected chi connectivity index (χ0v) is 18.2. The molecule has 6 nitrogen and oxygen atoms in total. The van der Waals surface area contributed by atoms with E-state index in [1.165, 1.54) is 0 Å². The highest BCUT2D eigenvalue weighted by Gasteiger charge is 2.28. The Morgan fingerprint density at radius 2 is 0.967 bits per heavy atom. The van der Waals surface area contributed by atoms with Crippen LogP contribution in [0, 0.1) is 11.8 Å². The van der Waals surface area contributed by atoms with Gasteiger partial charge >= 0.3 is 11.9 Å². The molecule has 0 spiro atoms. The zero-order valence-electron chi connectivity index (χ0n) is 18.2. The van der Waals surface area contributed by atoms with E-state index in [0.717, 1.165) is 102 Å². The summed E-state index contributed by atoms with van der Waals surface area (Å²) in [6.07, 6.45) is 15.2. The summed E-state index contributed by atoms with van der Waals surface area (Å²) < 4.78 is 11.0. The standard InChI is InChI=1S/C24H38O6/c25-17-19-11-7-9-13-21(19)29-23(27)15-5-3-1-2-4-6-16-24(28)30-22-14-10-8-12-20(22)18-26/h17-22H,1-16H2/t19-,20-,21+,22+/m0/s1. The monoisotopic (exact) mass is 422 g/mol. The van der Waals surface area contributed by atoms with Gasteiger partial charge in [0, 0.05) is 12.8 Å². The summed E-state index contributed by atoms with van der Waals surface area (Å²) in [4.78, 5) is 46.1. The predicted octanol–water partition coefficient (Wildman–Crippen LogP) is 4.71. The second-order valence-electron chi connectivity index (χ2n) is 8.85. The van der Waals surface area contributed by atoms with Gasteiger partial charge in [0.2, 0.25) is 0 Å². The van der Waals surface area contributed by atoms with Crippen molar-refractivity contribution in [3.8, 4) is 0 Å². The summed E-state index contributed by atoms with van der Waals surface area (Å²) in [6.45, 7) is 0. The van der Waals surface area contributed by atoms with E-state index in [-0.39, 0.29) is 36.0 Å². The SMILES string of the molecule is O=C[C@@H]1CCCC[C@H]1OC(=O)CCCCCCCCC(=O)O[C@@H]1CCCC[C@H]1C=O. The van der Waals surface area contributed by atoms with Crippen molar-refractivity contribution in [3.63, 3.8) is 0 Å². The molecule has 0 aromatic heterocycles. The number of aldehydes is 2. The molecule has 4 atom stereocenters. The molecule has 0 amide bonds. The fourth-order valence-corrected chi connectivity index (χ4v) is 4.56. The number of rotatable bonds is 13. The summed E-state index contributed by atoms with van der Waals surface area (Å²) in [7, 11) is 0. The van der Waals surface area contributed by atoms with Gasteiger partial charge < -0.3 is 19.1 Å². The maximum absolute atomic E-state index is 12.0. The predicted molar refractivity (Wildman–Crippen MR) is 113 cm³/mol. The highest BCUT2D eigenvalue weighted by atomic mass is 16.5. The van der Waals surface area contributed by atoms with Crippen LogP contribution in [0.15, 0.2) is 0 Å². The van der Waals surface area contributed by atoms with Crippen LogP contribution in [-0.2, 0) is 28.7 Å². The van der Waals surface area contributed by atoms with E-state index in [0.29, 0.717) is 12.8 Å². The molecular formula is C24H38O6. The highest BCUT2D eigenvalue weighted by Crippen LogP contribution is 2.27. The molecular weight excluding hydrogens is 384 g/mol. The van der Waals surface area contributed by atoms with E-state index in [9.17, 15) is 19.2 Å². The minimum absolute atomic E-state index is 0.128. The molecule has 0 unspecified atom stereocenters. The van der Waals surface area contributed by atoms with Gasteiger partial charge in [-0.05, 0) is 51.4 Å². The van der Waals surface area contributed by atoms with E-state index in [1.807, 2.05) is 0 Å². The largest absolute Gasteiger partial charge is 0.462 e. The molecule has 2 rings (SSSR count). The molecule has 0 aliphatic heterocycles. The summed E-state index contributed by atoms with van der Waals surface area (Å²) in [6, 6.07) is 0. The Kier molecular flexibility index (Phi) is 11.7. The van der Waals surface area contributed by atoms with Gasteiger partial charge in [0.15, 0.2) is 0 Å². The third-order valence-corrected chi connectivity index (χ3v) is 6.43. The van der Waals surface area contributed by atoms with Crippen LogP contribution in [0.25, 0.3) is 0 Å². The minimum Gasteiger partial charge on any atom is -0.462 e. The van der Waals surface area contributed by atoms with Gasteiger partial charge in [0.1, 0.15) is 24.8 Å². The molecule has 0 saturated heterocycles.